The van der Waals surface area contributed by atoms with E-state index in [0.717, 1.165) is 0 Å². The minimum atomic E-state index is -2.90. The second-order valence-corrected chi connectivity index (χ2v) is 5.32. The number of hydrogen-bond donors (Lipinski definition) is 1. The molecular weight excluding hydrogens is 336 g/mol. The van der Waals surface area contributed by atoms with Gasteiger partial charge in [-0.1, -0.05) is 17.3 Å². The lowest BCUT2D eigenvalue weighted by atomic mass is 10.1. The summed E-state index contributed by atoms with van der Waals surface area (Å²) < 4.78 is 33.2. The van der Waals surface area contributed by atoms with Gasteiger partial charge in [-0.3, -0.25) is 9.59 Å². The Labute approximate surface area is 142 Å². The number of carbonyl (C=O) groups is 2. The first-order valence-corrected chi connectivity index (χ1v) is 7.34. The molecule has 0 radical (unpaired) electrons. The molecule has 0 saturated heterocycles. The number of nitrogens with one attached hydrogen (secondary N) is 1. The molecule has 1 aromatic heterocycles. The molecule has 0 fully saturated rings. The highest BCUT2D eigenvalue weighted by atomic mass is 19.3. The van der Waals surface area contributed by atoms with E-state index in [1.165, 1.54) is 36.2 Å². The molecule has 0 aliphatic rings. The summed E-state index contributed by atoms with van der Waals surface area (Å²) in [4.78, 5) is 25.2. The van der Waals surface area contributed by atoms with Crippen LogP contribution in [0.4, 0.5) is 14.6 Å². The van der Waals surface area contributed by atoms with Crippen molar-refractivity contribution in [3.8, 4) is 5.75 Å². The minimum Gasteiger partial charge on any atom is -0.435 e. The maximum atomic E-state index is 12.1. The second kappa shape index (κ2) is 8.22. The zero-order chi connectivity index (χ0) is 18.4. The largest absolute Gasteiger partial charge is 0.435 e. The van der Waals surface area contributed by atoms with Crippen LogP contribution >= 0.6 is 0 Å². The van der Waals surface area contributed by atoms with Gasteiger partial charge in [0.2, 0.25) is 11.8 Å². The highest BCUT2D eigenvalue weighted by molar-refractivity contribution is 5.94. The lowest BCUT2D eigenvalue weighted by Gasteiger charge is -2.16. The van der Waals surface area contributed by atoms with Gasteiger partial charge in [0.1, 0.15) is 11.5 Å². The van der Waals surface area contributed by atoms with Crippen molar-refractivity contribution in [1.82, 2.24) is 10.1 Å². The highest BCUT2D eigenvalue weighted by Gasteiger charge is 2.15. The van der Waals surface area contributed by atoms with E-state index in [0.29, 0.717) is 11.3 Å². The molecule has 0 aliphatic carbocycles. The standard InChI is InChI=1S/C16H17F2N3O4/c1-10-7-13(20-25-10)19-14(22)9-21(2)15(23)8-11-3-5-12(6-4-11)24-16(17)18/h3-7,16H,8-9H2,1-2H3,(H,19,20,22). The van der Waals surface area contributed by atoms with Crippen molar-refractivity contribution < 1.29 is 27.6 Å². The number of hydrogen-bond acceptors (Lipinski definition) is 5. The van der Waals surface area contributed by atoms with E-state index in [4.69, 9.17) is 4.52 Å². The molecule has 7 nitrogen and oxygen atoms in total. The van der Waals surface area contributed by atoms with Crippen molar-refractivity contribution in [3.05, 3.63) is 41.7 Å². The Hall–Kier alpha value is -2.97. The topological polar surface area (TPSA) is 84.7 Å². The van der Waals surface area contributed by atoms with Crippen LogP contribution in [0.5, 0.6) is 5.75 Å². The van der Waals surface area contributed by atoms with Gasteiger partial charge in [0, 0.05) is 13.1 Å². The Kier molecular flexibility index (Phi) is 6.04. The summed E-state index contributed by atoms with van der Waals surface area (Å²) in [6.07, 6.45) is 0.0296. The van der Waals surface area contributed by atoms with Crippen LogP contribution < -0.4 is 10.1 Å². The van der Waals surface area contributed by atoms with Crippen LogP contribution in [0.15, 0.2) is 34.9 Å². The van der Waals surface area contributed by atoms with E-state index in [1.54, 1.807) is 13.0 Å². The number of alkyl halides is 2. The van der Waals surface area contributed by atoms with E-state index < -0.39 is 12.5 Å². The smallest absolute Gasteiger partial charge is 0.387 e. The highest BCUT2D eigenvalue weighted by Crippen LogP contribution is 2.15. The van der Waals surface area contributed by atoms with Crippen molar-refractivity contribution in [2.75, 3.05) is 18.9 Å². The predicted octanol–water partition coefficient (Wildman–Crippen LogP) is 2.22. The molecule has 9 heteroatoms. The van der Waals surface area contributed by atoms with Crippen LogP contribution in [0.1, 0.15) is 11.3 Å². The number of ether oxygens (including phenoxy) is 1. The second-order valence-electron chi connectivity index (χ2n) is 5.32. The molecule has 0 saturated carbocycles. The Balaban J connectivity index is 1.84. The number of anilines is 1. The minimum absolute atomic E-state index is 0.0156. The summed E-state index contributed by atoms with van der Waals surface area (Å²) in [5, 5.41) is 6.14. The van der Waals surface area contributed by atoms with Gasteiger partial charge in [-0.05, 0) is 24.6 Å². The maximum absolute atomic E-state index is 12.1. The molecule has 2 amide bonds. The molecule has 134 valence electrons. The number of nitrogens with zero attached hydrogens (tertiary/aromatic N) is 2. The van der Waals surface area contributed by atoms with Crippen LogP contribution in [0.2, 0.25) is 0 Å². The van der Waals surface area contributed by atoms with E-state index in [1.807, 2.05) is 0 Å². The molecule has 2 aromatic rings. The van der Waals surface area contributed by atoms with Crippen LogP contribution in [0.3, 0.4) is 0 Å². The molecule has 0 unspecified atom stereocenters. The molecule has 1 aromatic carbocycles. The zero-order valence-electron chi connectivity index (χ0n) is 13.7. The maximum Gasteiger partial charge on any atom is 0.387 e. The summed E-state index contributed by atoms with van der Waals surface area (Å²) in [5.41, 5.74) is 0.617. The van der Waals surface area contributed by atoms with Gasteiger partial charge in [-0.2, -0.15) is 8.78 Å². The number of likely N-dealkylation sites (N-methyl/N-ethyl adjacent to an activating group) is 1. The van der Waals surface area contributed by atoms with Crippen molar-refractivity contribution >= 4 is 17.6 Å². The van der Waals surface area contributed by atoms with Crippen LogP contribution in [-0.4, -0.2) is 42.1 Å². The Morgan fingerprint density at radius 3 is 2.56 bits per heavy atom. The first kappa shape index (κ1) is 18.4. The summed E-state index contributed by atoms with van der Waals surface area (Å²) >= 11 is 0. The summed E-state index contributed by atoms with van der Waals surface area (Å²) in [6, 6.07) is 7.30. The molecular formula is C16H17F2N3O4. The van der Waals surface area contributed by atoms with E-state index in [2.05, 4.69) is 15.2 Å². The quantitative estimate of drug-likeness (QED) is 0.825. The van der Waals surface area contributed by atoms with Gasteiger partial charge in [-0.15, -0.1) is 0 Å². The van der Waals surface area contributed by atoms with Crippen molar-refractivity contribution in [3.63, 3.8) is 0 Å². The number of carbonyl (C=O) groups excluding carboxylic acids is 2. The number of halogens is 2. The zero-order valence-corrected chi connectivity index (χ0v) is 13.7. The Morgan fingerprint density at radius 2 is 2.00 bits per heavy atom. The average molecular weight is 353 g/mol. The van der Waals surface area contributed by atoms with Gasteiger partial charge in [0.25, 0.3) is 0 Å². The first-order valence-electron chi connectivity index (χ1n) is 7.34. The van der Waals surface area contributed by atoms with Crippen molar-refractivity contribution in [2.24, 2.45) is 0 Å². The van der Waals surface area contributed by atoms with E-state index >= 15 is 0 Å². The molecule has 0 atom stereocenters. The average Bonchev–Trinajstić information content (AvgIpc) is 2.93. The van der Waals surface area contributed by atoms with Crippen molar-refractivity contribution in [1.29, 1.82) is 0 Å². The van der Waals surface area contributed by atoms with Gasteiger partial charge in [0.15, 0.2) is 5.82 Å². The molecule has 1 heterocycles. The molecule has 0 spiro atoms. The normalized spacial score (nSPS) is 10.6. The van der Waals surface area contributed by atoms with Crippen LogP contribution in [0.25, 0.3) is 0 Å². The number of amides is 2. The number of rotatable bonds is 7. The fraction of sp³-hybridized carbons (Fsp3) is 0.312. The van der Waals surface area contributed by atoms with Gasteiger partial charge < -0.3 is 19.5 Å². The van der Waals surface area contributed by atoms with E-state index in [9.17, 15) is 18.4 Å². The molecule has 0 bridgehead atoms. The third kappa shape index (κ3) is 5.87. The summed E-state index contributed by atoms with van der Waals surface area (Å²) in [5.74, 6) is 0.137. The third-order valence-corrected chi connectivity index (χ3v) is 3.21. The monoisotopic (exact) mass is 353 g/mol. The van der Waals surface area contributed by atoms with Crippen LogP contribution in [-0.2, 0) is 16.0 Å². The lowest BCUT2D eigenvalue weighted by molar-refractivity contribution is -0.132. The van der Waals surface area contributed by atoms with E-state index in [-0.39, 0.29) is 30.4 Å². The number of aryl methyl sites for hydroxylation is 1. The Morgan fingerprint density at radius 1 is 1.32 bits per heavy atom. The SMILES string of the molecule is Cc1cc(NC(=O)CN(C)C(=O)Cc2ccc(OC(F)F)cc2)no1. The number of aromatic nitrogens is 1. The van der Waals surface area contributed by atoms with Gasteiger partial charge in [0.05, 0.1) is 13.0 Å². The molecule has 2 rings (SSSR count). The Bertz CT molecular complexity index is 731. The van der Waals surface area contributed by atoms with Crippen LogP contribution in [0, 0.1) is 6.92 Å². The molecule has 0 aliphatic heterocycles. The molecule has 1 N–H and O–H groups in total. The summed E-state index contributed by atoms with van der Waals surface area (Å²) in [7, 11) is 1.49. The number of benzene rings is 1. The fourth-order valence-electron chi connectivity index (χ4n) is 2.01. The predicted molar refractivity (Wildman–Crippen MR) is 84.3 cm³/mol. The van der Waals surface area contributed by atoms with Gasteiger partial charge >= 0.3 is 6.61 Å². The fourth-order valence-corrected chi connectivity index (χ4v) is 2.01. The lowest BCUT2D eigenvalue weighted by Crippen LogP contribution is -2.35. The first-order chi connectivity index (χ1) is 11.8. The van der Waals surface area contributed by atoms with Gasteiger partial charge in [-0.25, -0.2) is 0 Å². The summed E-state index contributed by atoms with van der Waals surface area (Å²) in [6.45, 7) is -1.36. The third-order valence-electron chi connectivity index (χ3n) is 3.21. The van der Waals surface area contributed by atoms with Crippen molar-refractivity contribution in [2.45, 2.75) is 20.0 Å². The molecule has 25 heavy (non-hydrogen) atoms.